The molecule has 1 aromatic carbocycles. The standard InChI is InChI=1S/C9H6N3O/c13-6-12-8-3-1-2-7-9(8)11-5-4-10-7/h1-5H,(H,12,13). The fraction of sp³-hybridized carbons (Fsp3) is 0. The van der Waals surface area contributed by atoms with Crippen molar-refractivity contribution in [3.63, 3.8) is 0 Å². The maximum atomic E-state index is 10.1. The lowest BCUT2D eigenvalue weighted by Gasteiger charge is -2.00. The zero-order valence-electron chi connectivity index (χ0n) is 6.69. The number of nitrogens with one attached hydrogen (secondary N) is 1. The van der Waals surface area contributed by atoms with E-state index in [0.29, 0.717) is 11.2 Å². The average molecular weight is 172 g/mol. The Labute approximate surface area is 74.6 Å². The summed E-state index contributed by atoms with van der Waals surface area (Å²) in [5.74, 6) is 0. The Morgan fingerprint density at radius 1 is 1.23 bits per heavy atom. The van der Waals surface area contributed by atoms with Gasteiger partial charge >= 0.3 is 6.41 Å². The van der Waals surface area contributed by atoms with E-state index in [1.165, 1.54) is 0 Å². The molecule has 0 bridgehead atoms. The Bertz CT molecular complexity index is 436. The molecule has 0 aliphatic carbocycles. The molecule has 63 valence electrons. The summed E-state index contributed by atoms with van der Waals surface area (Å²) in [5, 5.41) is 2.44. The van der Waals surface area contributed by atoms with Gasteiger partial charge in [0.1, 0.15) is 5.52 Å². The quantitative estimate of drug-likeness (QED) is 0.690. The highest BCUT2D eigenvalue weighted by Gasteiger charge is 2.00. The van der Waals surface area contributed by atoms with Crippen molar-refractivity contribution in [3.8, 4) is 0 Å². The number of amides is 1. The van der Waals surface area contributed by atoms with Crippen molar-refractivity contribution >= 4 is 23.1 Å². The molecule has 1 N–H and O–H groups in total. The second kappa shape index (κ2) is 3.18. The predicted octanol–water partition coefficient (Wildman–Crippen LogP) is 1.11. The van der Waals surface area contributed by atoms with Crippen LogP contribution >= 0.6 is 0 Å². The fourth-order valence-corrected chi connectivity index (χ4v) is 1.15. The number of rotatable bonds is 2. The predicted molar refractivity (Wildman–Crippen MR) is 48.9 cm³/mol. The Balaban J connectivity index is 2.68. The monoisotopic (exact) mass is 172 g/mol. The highest BCUT2D eigenvalue weighted by atomic mass is 16.1. The van der Waals surface area contributed by atoms with Crippen LogP contribution in [0.1, 0.15) is 0 Å². The first-order chi connectivity index (χ1) is 6.42. The summed E-state index contributed by atoms with van der Waals surface area (Å²) in [6.07, 6.45) is 4.80. The van der Waals surface area contributed by atoms with Gasteiger partial charge in [-0.2, -0.15) is 0 Å². The maximum absolute atomic E-state index is 10.1. The molecule has 13 heavy (non-hydrogen) atoms. The molecule has 0 aliphatic heterocycles. The first-order valence-electron chi connectivity index (χ1n) is 3.75. The van der Waals surface area contributed by atoms with Crippen molar-refractivity contribution in [2.24, 2.45) is 0 Å². The summed E-state index contributed by atoms with van der Waals surface area (Å²) < 4.78 is 0. The van der Waals surface area contributed by atoms with Gasteiger partial charge in [-0.15, -0.1) is 0 Å². The summed E-state index contributed by atoms with van der Waals surface area (Å²) in [4.78, 5) is 18.3. The van der Waals surface area contributed by atoms with Gasteiger partial charge in [-0.05, 0) is 12.1 Å². The van der Waals surface area contributed by atoms with Crippen molar-refractivity contribution in [2.45, 2.75) is 0 Å². The maximum Gasteiger partial charge on any atom is 0.314 e. The molecule has 0 saturated carbocycles. The molecule has 1 amide bonds. The van der Waals surface area contributed by atoms with Crippen molar-refractivity contribution in [3.05, 3.63) is 30.6 Å². The van der Waals surface area contributed by atoms with E-state index >= 15 is 0 Å². The molecule has 0 aliphatic rings. The minimum atomic E-state index is 0.626. The Kier molecular flexibility index (Phi) is 1.88. The third-order valence-corrected chi connectivity index (χ3v) is 1.68. The number of hydrogen-bond acceptors (Lipinski definition) is 3. The number of benzene rings is 1. The van der Waals surface area contributed by atoms with Crippen molar-refractivity contribution in [1.82, 2.24) is 9.97 Å². The molecule has 1 aromatic heterocycles. The lowest BCUT2D eigenvalue weighted by Crippen LogP contribution is -1.95. The Hall–Kier alpha value is -1.97. The van der Waals surface area contributed by atoms with Crippen LogP contribution in [0, 0.1) is 0 Å². The molecule has 0 spiro atoms. The van der Waals surface area contributed by atoms with Gasteiger partial charge in [0, 0.05) is 12.4 Å². The van der Waals surface area contributed by atoms with E-state index < -0.39 is 0 Å². The summed E-state index contributed by atoms with van der Waals surface area (Å²) in [7, 11) is 0. The number of hydrogen-bond donors (Lipinski definition) is 1. The van der Waals surface area contributed by atoms with E-state index in [-0.39, 0.29) is 0 Å². The van der Waals surface area contributed by atoms with Crippen LogP contribution in [0.3, 0.4) is 0 Å². The minimum absolute atomic E-state index is 0.626. The van der Waals surface area contributed by atoms with Gasteiger partial charge in [0.2, 0.25) is 0 Å². The smallest absolute Gasteiger partial charge is 0.314 e. The van der Waals surface area contributed by atoms with Crippen molar-refractivity contribution in [2.75, 3.05) is 5.32 Å². The molecular weight excluding hydrogens is 166 g/mol. The molecule has 0 fully saturated rings. The van der Waals surface area contributed by atoms with Crippen molar-refractivity contribution < 1.29 is 4.79 Å². The van der Waals surface area contributed by atoms with Gasteiger partial charge in [0.25, 0.3) is 0 Å². The Morgan fingerprint density at radius 2 is 2.08 bits per heavy atom. The molecule has 1 radical (unpaired) electrons. The van der Waals surface area contributed by atoms with Crippen LogP contribution in [0.4, 0.5) is 5.69 Å². The molecule has 0 unspecified atom stereocenters. The van der Waals surface area contributed by atoms with Crippen molar-refractivity contribution in [1.29, 1.82) is 0 Å². The van der Waals surface area contributed by atoms with Gasteiger partial charge in [-0.1, -0.05) is 6.07 Å². The number of aromatic nitrogens is 2. The molecule has 2 rings (SSSR count). The Morgan fingerprint density at radius 3 is 2.92 bits per heavy atom. The van der Waals surface area contributed by atoms with Gasteiger partial charge in [-0.3, -0.25) is 14.8 Å². The van der Waals surface area contributed by atoms with Crippen LogP contribution < -0.4 is 5.32 Å². The molecule has 2 aromatic rings. The summed E-state index contributed by atoms with van der Waals surface area (Å²) in [6, 6.07) is 5.39. The van der Waals surface area contributed by atoms with E-state index in [1.807, 2.05) is 6.07 Å². The van der Waals surface area contributed by atoms with Crippen LogP contribution in [0.5, 0.6) is 0 Å². The largest absolute Gasteiger partial charge is 0.316 e. The number of nitrogens with zero attached hydrogens (tertiary/aromatic N) is 2. The summed E-state index contributed by atoms with van der Waals surface area (Å²) >= 11 is 0. The van der Waals surface area contributed by atoms with Gasteiger partial charge in [-0.25, -0.2) is 0 Å². The molecule has 0 saturated heterocycles. The molecule has 1 heterocycles. The first kappa shape index (κ1) is 7.67. The topological polar surface area (TPSA) is 54.9 Å². The normalized spacial score (nSPS) is 9.85. The van der Waals surface area contributed by atoms with Crippen LogP contribution in [0.2, 0.25) is 0 Å². The second-order valence-electron chi connectivity index (χ2n) is 2.46. The van der Waals surface area contributed by atoms with Gasteiger partial charge in [0.05, 0.1) is 11.2 Å². The highest BCUT2D eigenvalue weighted by molar-refractivity contribution is 5.92. The third-order valence-electron chi connectivity index (χ3n) is 1.68. The average Bonchev–Trinajstić information content (AvgIpc) is 2.19. The fourth-order valence-electron chi connectivity index (χ4n) is 1.15. The first-order valence-corrected chi connectivity index (χ1v) is 3.75. The lowest BCUT2D eigenvalue weighted by molar-refractivity contribution is 0.561. The molecule has 4 nitrogen and oxygen atoms in total. The number of carbonyl (C=O) groups excluding carboxylic acids is 1. The van der Waals surface area contributed by atoms with Crippen LogP contribution in [0.25, 0.3) is 11.0 Å². The van der Waals surface area contributed by atoms with Crippen LogP contribution in [-0.2, 0) is 4.79 Å². The highest BCUT2D eigenvalue weighted by Crippen LogP contribution is 2.17. The van der Waals surface area contributed by atoms with Gasteiger partial charge in [0.15, 0.2) is 0 Å². The summed E-state index contributed by atoms with van der Waals surface area (Å²) in [5.41, 5.74) is 2.05. The second-order valence-corrected chi connectivity index (χ2v) is 2.46. The molecule has 0 atom stereocenters. The van der Waals surface area contributed by atoms with Crippen LogP contribution in [-0.4, -0.2) is 16.4 Å². The van der Waals surface area contributed by atoms with E-state index in [4.69, 9.17) is 0 Å². The minimum Gasteiger partial charge on any atom is -0.316 e. The molecule has 4 heteroatoms. The van der Waals surface area contributed by atoms with E-state index in [2.05, 4.69) is 15.3 Å². The number of fused-ring (bicyclic) bond motifs is 1. The van der Waals surface area contributed by atoms with E-state index in [9.17, 15) is 4.79 Å². The lowest BCUT2D eigenvalue weighted by atomic mass is 10.2. The van der Waals surface area contributed by atoms with Crippen LogP contribution in [0.15, 0.2) is 30.6 Å². The summed E-state index contributed by atoms with van der Waals surface area (Å²) in [6.45, 7) is 0. The number of para-hydroxylation sites is 1. The number of anilines is 1. The zero-order chi connectivity index (χ0) is 9.10. The van der Waals surface area contributed by atoms with E-state index in [0.717, 1.165) is 5.52 Å². The zero-order valence-corrected chi connectivity index (χ0v) is 6.69. The van der Waals surface area contributed by atoms with E-state index in [1.54, 1.807) is 30.9 Å². The molecular formula is C9H6N3O. The third kappa shape index (κ3) is 1.33. The SMILES string of the molecule is O=[C]Nc1cccc2nccnc12. The van der Waals surface area contributed by atoms with Gasteiger partial charge < -0.3 is 5.32 Å².